The van der Waals surface area contributed by atoms with Gasteiger partial charge in [-0.3, -0.25) is 9.69 Å². The Morgan fingerprint density at radius 1 is 1.21 bits per heavy atom. The molecule has 2 saturated heterocycles. The zero-order valence-corrected chi connectivity index (χ0v) is 18.2. The van der Waals surface area contributed by atoms with Gasteiger partial charge in [0.05, 0.1) is 12.8 Å². The molecule has 2 fully saturated rings. The van der Waals surface area contributed by atoms with Crippen LogP contribution in [0.5, 0.6) is 0 Å². The first-order valence-corrected chi connectivity index (χ1v) is 10.9. The summed E-state index contributed by atoms with van der Waals surface area (Å²) in [5, 5.41) is 4.28. The second kappa shape index (κ2) is 8.21. The van der Waals surface area contributed by atoms with Gasteiger partial charge in [0.1, 0.15) is 6.04 Å². The Kier molecular flexibility index (Phi) is 5.35. The maximum Gasteiger partial charge on any atom is 0.260 e. The van der Waals surface area contributed by atoms with Gasteiger partial charge in [-0.15, -0.1) is 5.10 Å². The topological polar surface area (TPSA) is 122 Å². The molecule has 0 aliphatic carbocycles. The van der Waals surface area contributed by atoms with Crippen LogP contribution in [-0.4, -0.2) is 91.5 Å². The second-order valence-corrected chi connectivity index (χ2v) is 8.32. The minimum absolute atomic E-state index is 0.0528. The van der Waals surface area contributed by atoms with E-state index in [2.05, 4.69) is 20.1 Å². The van der Waals surface area contributed by atoms with E-state index in [1.807, 2.05) is 0 Å². The normalized spacial score (nSPS) is 19.8. The molecule has 11 nitrogen and oxygen atoms in total. The first-order chi connectivity index (χ1) is 15.8. The number of anilines is 2. The lowest BCUT2D eigenvalue weighted by Gasteiger charge is -2.44. The third-order valence-corrected chi connectivity index (χ3v) is 6.18. The monoisotopic (exact) mass is 461 g/mol. The van der Waals surface area contributed by atoms with Crippen LogP contribution in [0, 0.1) is 0 Å². The Labute approximate surface area is 188 Å². The summed E-state index contributed by atoms with van der Waals surface area (Å²) < 4.78 is 34.0. The second-order valence-electron chi connectivity index (χ2n) is 8.32. The highest BCUT2D eigenvalue weighted by atomic mass is 19.3. The molecule has 0 aromatic carbocycles. The summed E-state index contributed by atoms with van der Waals surface area (Å²) in [5.41, 5.74) is 6.07. The lowest BCUT2D eigenvalue weighted by molar-refractivity contribution is -0.136. The molecule has 2 N–H and O–H groups in total. The molecular weight excluding hydrogens is 436 g/mol. The summed E-state index contributed by atoms with van der Waals surface area (Å²) in [6.07, 6.45) is 1.99. The number of carbonyl (C=O) groups excluding carboxylic acids is 1. The lowest BCUT2D eigenvalue weighted by atomic mass is 10.0. The minimum atomic E-state index is -2.70. The van der Waals surface area contributed by atoms with Gasteiger partial charge in [0, 0.05) is 39.1 Å². The van der Waals surface area contributed by atoms with Crippen molar-refractivity contribution in [1.82, 2.24) is 34.4 Å². The molecule has 1 amide bonds. The van der Waals surface area contributed by atoms with Crippen LogP contribution in [0.3, 0.4) is 0 Å². The van der Waals surface area contributed by atoms with Crippen molar-refractivity contribution in [2.24, 2.45) is 0 Å². The van der Waals surface area contributed by atoms with Gasteiger partial charge in [0.25, 0.3) is 11.7 Å². The van der Waals surface area contributed by atoms with Crippen LogP contribution >= 0.6 is 0 Å². The van der Waals surface area contributed by atoms with Gasteiger partial charge in [-0.05, 0) is 18.6 Å². The highest BCUT2D eigenvalue weighted by Gasteiger charge is 2.40. The standard InChI is InChI=1S/C20H25F2N9O2/c1-2-20(21,22)12-28-7-9-29(10-8-28)16(32)13-5-6-30(13)18-25-17(23)31-19(26-18)24-15(27-31)14-4-3-11-33-14/h3-4,11,13H,2,5-10,12H2,1H3,(H2,23,24,25,26,27)/t13-/m0/s1. The van der Waals surface area contributed by atoms with E-state index >= 15 is 0 Å². The van der Waals surface area contributed by atoms with E-state index in [4.69, 9.17) is 10.2 Å². The van der Waals surface area contributed by atoms with E-state index in [9.17, 15) is 13.6 Å². The third kappa shape index (κ3) is 4.08. The van der Waals surface area contributed by atoms with Crippen LogP contribution in [0.25, 0.3) is 17.4 Å². The average molecular weight is 461 g/mol. The van der Waals surface area contributed by atoms with Gasteiger partial charge in [-0.1, -0.05) is 6.92 Å². The quantitative estimate of drug-likeness (QED) is 0.576. The highest BCUT2D eigenvalue weighted by molar-refractivity contribution is 5.86. The van der Waals surface area contributed by atoms with Gasteiger partial charge in [-0.2, -0.15) is 19.5 Å². The smallest absolute Gasteiger partial charge is 0.260 e. The number of hydrogen-bond acceptors (Lipinski definition) is 9. The number of furan rings is 1. The number of nitrogens with zero attached hydrogens (tertiary/aromatic N) is 8. The van der Waals surface area contributed by atoms with E-state index < -0.39 is 12.0 Å². The number of piperazine rings is 1. The lowest BCUT2D eigenvalue weighted by Crippen LogP contribution is -2.61. The Hall–Kier alpha value is -3.35. The molecule has 3 aromatic rings. The summed E-state index contributed by atoms with van der Waals surface area (Å²) in [6.45, 7) is 3.51. The Bertz CT molecular complexity index is 1140. The van der Waals surface area contributed by atoms with E-state index in [1.54, 1.807) is 26.8 Å². The number of nitrogen functional groups attached to an aromatic ring is 1. The van der Waals surface area contributed by atoms with E-state index in [-0.39, 0.29) is 30.6 Å². The van der Waals surface area contributed by atoms with Crippen LogP contribution in [0.4, 0.5) is 20.7 Å². The first kappa shape index (κ1) is 21.5. The number of aromatic nitrogens is 5. The number of hydrogen-bond donors (Lipinski definition) is 1. The van der Waals surface area contributed by atoms with Crippen molar-refractivity contribution in [3.8, 4) is 11.6 Å². The molecular formula is C20H25F2N9O2. The SMILES string of the molecule is CCC(F)(F)CN1CCN(C(=O)[C@@H]2CCN2c2nc(N)n3nc(-c4ccco4)nc3n2)CC1. The van der Waals surface area contributed by atoms with Crippen LogP contribution in [0.15, 0.2) is 22.8 Å². The fourth-order valence-electron chi connectivity index (χ4n) is 4.09. The number of amides is 1. The fourth-order valence-corrected chi connectivity index (χ4v) is 4.09. The molecule has 1 atom stereocenters. The number of alkyl halides is 2. The predicted molar refractivity (Wildman–Crippen MR) is 115 cm³/mol. The largest absolute Gasteiger partial charge is 0.461 e. The molecule has 0 saturated carbocycles. The van der Waals surface area contributed by atoms with Gasteiger partial charge in [0.15, 0.2) is 5.76 Å². The van der Waals surface area contributed by atoms with Gasteiger partial charge in [0.2, 0.25) is 23.6 Å². The molecule has 0 unspecified atom stereocenters. The molecule has 176 valence electrons. The molecule has 2 aliphatic rings. The van der Waals surface area contributed by atoms with Crippen molar-refractivity contribution >= 4 is 23.6 Å². The molecule has 13 heteroatoms. The van der Waals surface area contributed by atoms with Crippen LogP contribution in [0.1, 0.15) is 19.8 Å². The third-order valence-electron chi connectivity index (χ3n) is 6.18. The molecule has 2 aliphatic heterocycles. The van der Waals surface area contributed by atoms with Crippen molar-refractivity contribution in [3.63, 3.8) is 0 Å². The number of halogens is 2. The maximum absolute atomic E-state index is 13.7. The van der Waals surface area contributed by atoms with Crippen molar-refractivity contribution < 1.29 is 18.0 Å². The van der Waals surface area contributed by atoms with Crippen molar-refractivity contribution in [1.29, 1.82) is 0 Å². The average Bonchev–Trinajstić information content (AvgIpc) is 3.43. The molecule has 0 spiro atoms. The minimum Gasteiger partial charge on any atom is -0.461 e. The summed E-state index contributed by atoms with van der Waals surface area (Å²) in [7, 11) is 0. The summed E-state index contributed by atoms with van der Waals surface area (Å²) in [4.78, 5) is 31.5. The molecule has 5 rings (SSSR count). The van der Waals surface area contributed by atoms with Crippen molar-refractivity contribution in [3.05, 3.63) is 18.4 Å². The fraction of sp³-hybridized carbons (Fsp3) is 0.550. The molecule has 33 heavy (non-hydrogen) atoms. The molecule has 3 aromatic heterocycles. The van der Waals surface area contributed by atoms with E-state index in [1.165, 1.54) is 17.7 Å². The van der Waals surface area contributed by atoms with Crippen LogP contribution in [0.2, 0.25) is 0 Å². The summed E-state index contributed by atoms with van der Waals surface area (Å²) in [6, 6.07) is 3.04. The van der Waals surface area contributed by atoms with Gasteiger partial charge < -0.3 is 20.0 Å². The molecule has 5 heterocycles. The Morgan fingerprint density at radius 3 is 2.64 bits per heavy atom. The number of rotatable bonds is 6. The summed E-state index contributed by atoms with van der Waals surface area (Å²) in [5.74, 6) is -1.27. The van der Waals surface area contributed by atoms with Crippen LogP contribution < -0.4 is 10.6 Å². The Morgan fingerprint density at radius 2 is 2.00 bits per heavy atom. The number of carbonyl (C=O) groups is 1. The first-order valence-electron chi connectivity index (χ1n) is 10.9. The zero-order valence-electron chi connectivity index (χ0n) is 18.2. The van der Waals surface area contributed by atoms with Crippen molar-refractivity contribution in [2.75, 3.05) is 49.9 Å². The predicted octanol–water partition coefficient (Wildman–Crippen LogP) is 1.13. The van der Waals surface area contributed by atoms with Crippen LogP contribution in [-0.2, 0) is 4.79 Å². The van der Waals surface area contributed by atoms with E-state index in [0.717, 1.165) is 0 Å². The molecule has 0 radical (unpaired) electrons. The summed E-state index contributed by atoms with van der Waals surface area (Å²) >= 11 is 0. The van der Waals surface area contributed by atoms with Crippen molar-refractivity contribution in [2.45, 2.75) is 31.7 Å². The Balaban J connectivity index is 1.27. The van der Waals surface area contributed by atoms with E-state index in [0.29, 0.717) is 56.7 Å². The highest BCUT2D eigenvalue weighted by Crippen LogP contribution is 2.27. The maximum atomic E-state index is 13.7. The molecule has 0 bridgehead atoms. The number of nitrogens with two attached hydrogens (primary N) is 1. The number of fused-ring (bicyclic) bond motifs is 1. The van der Waals surface area contributed by atoms with Gasteiger partial charge in [-0.25, -0.2) is 8.78 Å². The van der Waals surface area contributed by atoms with Gasteiger partial charge >= 0.3 is 0 Å². The zero-order chi connectivity index (χ0) is 23.2.